The van der Waals surface area contributed by atoms with Crippen LogP contribution in [-0.4, -0.2) is 55.9 Å². The molecule has 1 fully saturated rings. The highest BCUT2D eigenvalue weighted by Gasteiger charge is 2.11. The molecule has 78 valence electrons. The highest BCUT2D eigenvalue weighted by molar-refractivity contribution is 5.72. The number of aliphatic carboxylic acids is 1. The van der Waals surface area contributed by atoms with Crippen LogP contribution in [0.2, 0.25) is 0 Å². The molecule has 3 N–H and O–H groups in total. The topological polar surface area (TPSA) is 64.6 Å². The lowest BCUT2D eigenvalue weighted by Crippen LogP contribution is -2.32. The van der Waals surface area contributed by atoms with Crippen LogP contribution >= 0.6 is 0 Å². The van der Waals surface area contributed by atoms with E-state index in [1.165, 1.54) is 0 Å². The number of likely N-dealkylation sites (N-methyl/N-ethyl adjacent to an activating group) is 1. The zero-order valence-corrected chi connectivity index (χ0v) is 8.50. The van der Waals surface area contributed by atoms with Gasteiger partial charge in [-0.3, -0.25) is 9.69 Å². The first-order chi connectivity index (χ1) is 6.05. The Morgan fingerprint density at radius 3 is 1.92 bits per heavy atom. The van der Waals surface area contributed by atoms with Gasteiger partial charge in [-0.05, 0) is 21.0 Å². The van der Waals surface area contributed by atoms with E-state index in [0.717, 1.165) is 19.8 Å². The van der Waals surface area contributed by atoms with Gasteiger partial charge in [0, 0.05) is 19.8 Å². The van der Waals surface area contributed by atoms with Gasteiger partial charge in [0.2, 0.25) is 0 Å². The summed E-state index contributed by atoms with van der Waals surface area (Å²) in [5.41, 5.74) is 0. The second kappa shape index (κ2) is 6.82. The van der Waals surface area contributed by atoms with E-state index in [4.69, 9.17) is 5.11 Å². The van der Waals surface area contributed by atoms with E-state index in [0.29, 0.717) is 0 Å². The summed E-state index contributed by atoms with van der Waals surface area (Å²) in [5.74, 6) is -0.782. The number of nitrogens with one attached hydrogen (secondary N) is 2. The van der Waals surface area contributed by atoms with Crippen LogP contribution in [0.4, 0.5) is 0 Å². The van der Waals surface area contributed by atoms with Gasteiger partial charge in [-0.2, -0.15) is 0 Å². The molecule has 5 heteroatoms. The minimum Gasteiger partial charge on any atom is -0.480 e. The van der Waals surface area contributed by atoms with Crippen LogP contribution in [0.3, 0.4) is 0 Å². The van der Waals surface area contributed by atoms with Crippen molar-refractivity contribution in [3.05, 3.63) is 0 Å². The number of rotatable bonds is 2. The van der Waals surface area contributed by atoms with Gasteiger partial charge in [0.05, 0.1) is 0 Å². The summed E-state index contributed by atoms with van der Waals surface area (Å²) in [6.07, 6.45) is 0. The predicted octanol–water partition coefficient (Wildman–Crippen LogP) is -0.842. The molecule has 0 aromatic carbocycles. The molecule has 1 heterocycles. The molecule has 0 amide bonds. The number of nitrogens with zero attached hydrogens (tertiary/aromatic N) is 1. The quantitative estimate of drug-likeness (QED) is 0.528. The van der Waals surface area contributed by atoms with Gasteiger partial charge in [-0.25, -0.2) is 0 Å². The average Bonchev–Trinajstić information content (AvgIpc) is 2.59. The number of hydrogen-bond acceptors (Lipinski definition) is 4. The van der Waals surface area contributed by atoms with Crippen molar-refractivity contribution in [1.82, 2.24) is 15.5 Å². The van der Waals surface area contributed by atoms with Gasteiger partial charge in [0.1, 0.15) is 6.04 Å². The first kappa shape index (κ1) is 12.3. The third-order valence-corrected chi connectivity index (χ3v) is 1.86. The Balaban J connectivity index is 0.000000243. The molecule has 0 aliphatic carbocycles. The van der Waals surface area contributed by atoms with E-state index in [9.17, 15) is 4.79 Å². The maximum Gasteiger partial charge on any atom is 0.320 e. The Labute approximate surface area is 79.1 Å². The molecule has 1 saturated heterocycles. The SMILES string of the molecule is C1CNCN1.CC(C(=O)O)N(C)C. The molecule has 1 atom stereocenters. The minimum absolute atomic E-state index is 0.380. The number of carboxylic acid groups (broad SMARTS) is 1. The smallest absolute Gasteiger partial charge is 0.320 e. The lowest BCUT2D eigenvalue weighted by molar-refractivity contribution is -0.141. The van der Waals surface area contributed by atoms with E-state index >= 15 is 0 Å². The van der Waals surface area contributed by atoms with E-state index in [1.54, 1.807) is 25.9 Å². The zero-order valence-electron chi connectivity index (χ0n) is 8.50. The van der Waals surface area contributed by atoms with Gasteiger partial charge in [0.15, 0.2) is 0 Å². The fraction of sp³-hybridized carbons (Fsp3) is 0.875. The summed E-state index contributed by atoms with van der Waals surface area (Å²) in [4.78, 5) is 11.7. The summed E-state index contributed by atoms with van der Waals surface area (Å²) in [6, 6.07) is -0.380. The van der Waals surface area contributed by atoms with Crippen molar-refractivity contribution in [1.29, 1.82) is 0 Å². The average molecular weight is 189 g/mol. The molecule has 0 bridgehead atoms. The van der Waals surface area contributed by atoms with Crippen molar-refractivity contribution in [2.24, 2.45) is 0 Å². The monoisotopic (exact) mass is 189 g/mol. The Kier molecular flexibility index (Phi) is 6.48. The van der Waals surface area contributed by atoms with Crippen molar-refractivity contribution in [3.8, 4) is 0 Å². The molecule has 0 spiro atoms. The normalized spacial score (nSPS) is 17.8. The number of hydrogen-bond donors (Lipinski definition) is 3. The predicted molar refractivity (Wildman–Crippen MR) is 51.7 cm³/mol. The first-order valence-corrected chi connectivity index (χ1v) is 4.36. The maximum absolute atomic E-state index is 10.1. The van der Waals surface area contributed by atoms with Crippen LogP contribution in [0.15, 0.2) is 0 Å². The van der Waals surface area contributed by atoms with Crippen molar-refractivity contribution in [3.63, 3.8) is 0 Å². The van der Waals surface area contributed by atoms with Crippen molar-refractivity contribution < 1.29 is 9.90 Å². The fourth-order valence-corrected chi connectivity index (χ4v) is 0.663. The van der Waals surface area contributed by atoms with E-state index in [1.807, 2.05) is 0 Å². The van der Waals surface area contributed by atoms with E-state index < -0.39 is 5.97 Å². The third-order valence-electron chi connectivity index (χ3n) is 1.86. The fourth-order valence-electron chi connectivity index (χ4n) is 0.663. The molecule has 13 heavy (non-hydrogen) atoms. The molecule has 1 unspecified atom stereocenters. The highest BCUT2D eigenvalue weighted by atomic mass is 16.4. The molecular weight excluding hydrogens is 170 g/mol. The summed E-state index contributed by atoms with van der Waals surface area (Å²) in [7, 11) is 3.47. The Bertz CT molecular complexity index is 139. The van der Waals surface area contributed by atoms with Crippen LogP contribution in [0.1, 0.15) is 6.92 Å². The lowest BCUT2D eigenvalue weighted by atomic mass is 10.3. The van der Waals surface area contributed by atoms with Crippen molar-refractivity contribution in [2.75, 3.05) is 33.9 Å². The van der Waals surface area contributed by atoms with Crippen LogP contribution in [0.5, 0.6) is 0 Å². The van der Waals surface area contributed by atoms with Gasteiger partial charge < -0.3 is 15.7 Å². The molecular formula is C8H19N3O2. The second-order valence-corrected chi connectivity index (χ2v) is 3.15. The van der Waals surface area contributed by atoms with Crippen LogP contribution < -0.4 is 10.6 Å². The molecule has 0 saturated carbocycles. The lowest BCUT2D eigenvalue weighted by Gasteiger charge is -2.13. The summed E-state index contributed by atoms with van der Waals surface area (Å²) in [6.45, 7) is 4.92. The summed E-state index contributed by atoms with van der Waals surface area (Å²) in [5, 5.41) is 14.5. The van der Waals surface area contributed by atoms with Crippen molar-refractivity contribution >= 4 is 5.97 Å². The molecule has 1 rings (SSSR count). The van der Waals surface area contributed by atoms with Gasteiger partial charge in [0.25, 0.3) is 0 Å². The molecule has 0 aromatic heterocycles. The van der Waals surface area contributed by atoms with Gasteiger partial charge >= 0.3 is 5.97 Å². The van der Waals surface area contributed by atoms with Crippen LogP contribution in [-0.2, 0) is 4.79 Å². The molecule has 0 radical (unpaired) electrons. The Morgan fingerprint density at radius 2 is 1.85 bits per heavy atom. The number of carboxylic acids is 1. The Hall–Kier alpha value is -0.650. The van der Waals surface area contributed by atoms with E-state index in [-0.39, 0.29) is 6.04 Å². The van der Waals surface area contributed by atoms with Crippen LogP contribution in [0.25, 0.3) is 0 Å². The Morgan fingerprint density at radius 1 is 1.38 bits per heavy atom. The van der Waals surface area contributed by atoms with Gasteiger partial charge in [-0.1, -0.05) is 0 Å². The zero-order chi connectivity index (χ0) is 10.3. The van der Waals surface area contributed by atoms with Gasteiger partial charge in [-0.15, -0.1) is 0 Å². The maximum atomic E-state index is 10.1. The minimum atomic E-state index is -0.782. The molecule has 0 aromatic rings. The van der Waals surface area contributed by atoms with Crippen molar-refractivity contribution in [2.45, 2.75) is 13.0 Å². The van der Waals surface area contributed by atoms with E-state index in [2.05, 4.69) is 10.6 Å². The number of carbonyl (C=O) groups is 1. The van der Waals surface area contributed by atoms with Crippen LogP contribution in [0, 0.1) is 0 Å². The first-order valence-electron chi connectivity index (χ1n) is 4.36. The summed E-state index contributed by atoms with van der Waals surface area (Å²) < 4.78 is 0. The molecule has 1 aliphatic rings. The standard InChI is InChI=1S/C5H11NO2.C3H8N2/c1-4(5(7)8)6(2)3;1-2-5-3-4-1/h4H,1-3H3,(H,7,8);4-5H,1-3H2. The molecule has 1 aliphatic heterocycles. The largest absolute Gasteiger partial charge is 0.480 e. The highest BCUT2D eigenvalue weighted by Crippen LogP contribution is 1.88. The summed E-state index contributed by atoms with van der Waals surface area (Å²) >= 11 is 0. The second-order valence-electron chi connectivity index (χ2n) is 3.15. The third kappa shape index (κ3) is 6.51. The molecule has 5 nitrogen and oxygen atoms in total.